The fraction of sp³-hybridized carbons (Fsp3) is 0.469. The summed E-state index contributed by atoms with van der Waals surface area (Å²) in [4.78, 5) is 85.6. The quantitative estimate of drug-likeness (QED) is 0.0247. The van der Waals surface area contributed by atoms with Gasteiger partial charge in [0.15, 0.2) is 12.4 Å². The largest absolute Gasteiger partial charge is 0.480 e. The summed E-state index contributed by atoms with van der Waals surface area (Å²) in [7, 11) is -1.95. The lowest BCUT2D eigenvalue weighted by molar-refractivity contribution is -0.295. The zero-order chi connectivity index (χ0) is 54.5. The number of aliphatic hydroxyl groups excluding tert-OH is 4. The minimum absolute atomic E-state index is 0.0258. The number of para-hydroxylation sites is 1. The predicted molar refractivity (Wildman–Crippen MR) is 274 cm³/mol. The van der Waals surface area contributed by atoms with Gasteiger partial charge in [0.05, 0.1) is 48.7 Å². The van der Waals surface area contributed by atoms with Gasteiger partial charge in [-0.1, -0.05) is 62.4 Å². The van der Waals surface area contributed by atoms with Gasteiger partial charge < -0.3 is 87.0 Å². The molecule has 5 aromatic rings. The summed E-state index contributed by atoms with van der Waals surface area (Å²) in [5.41, 5.74) is 13.2. The molecule has 0 aliphatic carbocycles. The van der Waals surface area contributed by atoms with Gasteiger partial charge >= 0.3 is 19.1 Å². The second-order valence-corrected chi connectivity index (χ2v) is 20.3. The van der Waals surface area contributed by atoms with Crippen molar-refractivity contribution in [2.75, 3.05) is 13.2 Å². The Kier molecular flexibility index (Phi) is 20.3. The third kappa shape index (κ3) is 15.1. The van der Waals surface area contributed by atoms with Crippen LogP contribution in [0.4, 0.5) is 4.79 Å². The van der Waals surface area contributed by atoms with Crippen molar-refractivity contribution >= 4 is 59.5 Å². The second-order valence-electron chi connectivity index (χ2n) is 18.9. The van der Waals surface area contributed by atoms with E-state index in [1.807, 2.05) is 26.0 Å². The number of rotatable bonds is 24. The number of aromatic amines is 2. The van der Waals surface area contributed by atoms with E-state index in [-0.39, 0.29) is 43.7 Å². The van der Waals surface area contributed by atoms with E-state index < -0.39 is 128 Å². The highest BCUT2D eigenvalue weighted by Gasteiger charge is 2.52. The van der Waals surface area contributed by atoms with E-state index in [0.717, 1.165) is 22.7 Å². The molecule has 5 amide bonds. The molecule has 5 heterocycles. The van der Waals surface area contributed by atoms with Crippen LogP contribution in [0.2, 0.25) is 0 Å². The van der Waals surface area contributed by atoms with Crippen molar-refractivity contribution in [3.63, 3.8) is 0 Å². The molecule has 15 N–H and O–H groups in total. The smallest absolute Gasteiger partial charge is 0.455 e. The molecule has 2 aliphatic rings. The molecule has 0 radical (unpaired) electrons. The number of ether oxygens (including phenoxy) is 3. The molecule has 2 aromatic carbocycles. The van der Waals surface area contributed by atoms with Crippen LogP contribution in [-0.2, 0) is 52.5 Å². The Labute approximate surface area is 441 Å². The Hall–Kier alpha value is -6.53. The fourth-order valence-electron chi connectivity index (χ4n) is 9.08. The number of carbonyl (C=O) groups excluding carboxylic acids is 5. The van der Waals surface area contributed by atoms with Gasteiger partial charge in [-0.05, 0) is 29.5 Å². The van der Waals surface area contributed by atoms with E-state index in [4.69, 9.17) is 30.3 Å². The van der Waals surface area contributed by atoms with Crippen LogP contribution in [0.25, 0.3) is 10.9 Å². The molecule has 408 valence electrons. The van der Waals surface area contributed by atoms with Gasteiger partial charge in [-0.25, -0.2) is 19.6 Å². The molecule has 0 spiro atoms. The number of nitrogens with one attached hydrogen (secondary N) is 6. The van der Waals surface area contributed by atoms with Gasteiger partial charge in [0, 0.05) is 67.4 Å². The van der Waals surface area contributed by atoms with Crippen LogP contribution in [0.15, 0.2) is 91.9 Å². The first-order valence-corrected chi connectivity index (χ1v) is 25.6. The maximum atomic E-state index is 14.6. The van der Waals surface area contributed by atoms with Crippen molar-refractivity contribution in [3.05, 3.63) is 114 Å². The molecule has 76 heavy (non-hydrogen) atoms. The maximum Gasteiger partial charge on any atom is 0.480 e. The lowest BCUT2D eigenvalue weighted by atomic mass is 9.74. The summed E-state index contributed by atoms with van der Waals surface area (Å²) in [5.74, 6) is -4.84. The van der Waals surface area contributed by atoms with Crippen LogP contribution in [0.5, 0.6) is 0 Å². The Balaban J connectivity index is 1.16. The van der Waals surface area contributed by atoms with E-state index in [1.54, 1.807) is 48.7 Å². The van der Waals surface area contributed by atoms with E-state index >= 15 is 0 Å². The van der Waals surface area contributed by atoms with Gasteiger partial charge in [-0.15, -0.1) is 11.8 Å². The number of benzene rings is 2. The topological polar surface area (TPSA) is 394 Å². The van der Waals surface area contributed by atoms with Gasteiger partial charge in [0.1, 0.15) is 47.6 Å². The van der Waals surface area contributed by atoms with Gasteiger partial charge in [-0.2, -0.15) is 0 Å². The van der Waals surface area contributed by atoms with Gasteiger partial charge in [-0.3, -0.25) is 19.4 Å². The van der Waals surface area contributed by atoms with Crippen LogP contribution in [0, 0.1) is 5.92 Å². The zero-order valence-electron chi connectivity index (χ0n) is 41.6. The van der Waals surface area contributed by atoms with Gasteiger partial charge in [0.25, 0.3) is 5.91 Å². The molecule has 2 aliphatic heterocycles. The highest BCUT2D eigenvalue weighted by atomic mass is 32.2. The molecular formula is C49H64BN11O14S. The second kappa shape index (κ2) is 27.0. The number of nitrogens with zero attached hydrogens (tertiary/aromatic N) is 3. The number of esters is 1. The van der Waals surface area contributed by atoms with Crippen molar-refractivity contribution in [2.24, 2.45) is 17.4 Å². The number of amides is 5. The average Bonchev–Trinajstić information content (AvgIpc) is 4.08. The maximum absolute atomic E-state index is 14.6. The van der Waals surface area contributed by atoms with E-state index in [2.05, 4.69) is 46.2 Å². The van der Waals surface area contributed by atoms with Crippen LogP contribution in [-0.4, -0.2) is 178 Å². The number of H-pyrrole nitrogens is 2. The summed E-state index contributed by atoms with van der Waals surface area (Å²) in [6.07, 6.45) is -2.25. The number of imidazole rings is 1. The fourth-order valence-corrected chi connectivity index (χ4v) is 10.5. The number of thioether (sulfide) groups is 1. The van der Waals surface area contributed by atoms with Crippen LogP contribution in [0.3, 0.4) is 0 Å². The van der Waals surface area contributed by atoms with Crippen LogP contribution < -0.4 is 32.7 Å². The minimum Gasteiger partial charge on any atom is -0.455 e. The van der Waals surface area contributed by atoms with Crippen molar-refractivity contribution in [3.8, 4) is 0 Å². The molecule has 7 rings (SSSR count). The third-order valence-electron chi connectivity index (χ3n) is 12.8. The van der Waals surface area contributed by atoms with Gasteiger partial charge in [0.2, 0.25) is 11.8 Å². The lowest BCUT2D eigenvalue weighted by Crippen LogP contribution is -2.65. The number of aliphatic hydroxyl groups is 4. The first kappa shape index (κ1) is 57.2. The molecule has 2 saturated heterocycles. The average molecular weight is 1070 g/mol. The number of urea groups is 1. The normalized spacial score (nSPS) is 24.1. The molecule has 25 nitrogen and oxygen atoms in total. The Bertz CT molecular complexity index is 2680. The molecule has 0 saturated carbocycles. The van der Waals surface area contributed by atoms with Crippen LogP contribution >= 0.6 is 11.8 Å². The Morgan fingerprint density at radius 2 is 1.68 bits per heavy atom. The summed E-state index contributed by atoms with van der Waals surface area (Å²) < 4.78 is 24.7. The first-order chi connectivity index (χ1) is 36.5. The Morgan fingerprint density at radius 1 is 0.921 bits per heavy atom. The van der Waals surface area contributed by atoms with Crippen molar-refractivity contribution in [1.29, 1.82) is 0 Å². The lowest BCUT2D eigenvalue weighted by Gasteiger charge is -2.47. The van der Waals surface area contributed by atoms with Crippen molar-refractivity contribution in [1.82, 2.24) is 46.2 Å². The minimum atomic E-state index is -1.97. The number of hydrogen-bond donors (Lipinski definition) is 13. The molecule has 3 aromatic heterocycles. The van der Waals surface area contributed by atoms with E-state index in [9.17, 15) is 49.4 Å². The van der Waals surface area contributed by atoms with Crippen molar-refractivity contribution in [2.45, 2.75) is 124 Å². The molecule has 0 unspecified atom stereocenters. The SMILES string of the molecule is CC(C)C[C@H](NC(=O)[C@H](Cc1ccccc1)NC(=O)c1cnccn1)B(O)O[C@@H]1O[C@H](CO)[C@@H](OC(=O)[C@H](Cc2c[nH]c3ccccc23)NC(=O)[C@@H](O)Cc2c[nH]cn2)[C@H](O[C@H]2C[C@H](N)[C@H](NC(N)=O)[C@H](CO)S2)[C@H]1O. The molecular weight excluding hydrogens is 1010 g/mol. The standard InChI is InChI=1S/C49H64BN11O14S/c1-25(2)14-38(60-44(66)32(15-26-8-4-3-5-9-26)58-45(67)34-21-53-12-13-55-34)50(71)75-48-41(65)43(73-39-18-30(51)40(61-49(52)70)37(23-63)76-39)42(36(22-62)72-48)74-47(69)33(16-27-19-56-31-11-7-6-10-29(27)31)59-46(68)35(64)17-28-20-54-24-57-28/h3-13,19-21,24-25,30,32-33,35-43,48,56,62-65,71H,14-18,22-23,51H2,1-2H3,(H,54,57)(H,58,67)(H,59,68)(H,60,66)(H3,52,61,70)/t30-,32-,33-,35-,36+,37-,38-,39+,40-,41+,42+,43+,48-/m0/s1. The van der Waals surface area contributed by atoms with E-state index in [0.29, 0.717) is 16.8 Å². The number of carbonyl (C=O) groups is 5. The van der Waals surface area contributed by atoms with E-state index in [1.165, 1.54) is 31.1 Å². The third-order valence-corrected chi connectivity index (χ3v) is 14.2. The Morgan fingerprint density at radius 3 is 2.37 bits per heavy atom. The highest BCUT2D eigenvalue weighted by Crippen LogP contribution is 2.37. The number of hydrogen-bond acceptors (Lipinski definition) is 19. The van der Waals surface area contributed by atoms with Crippen molar-refractivity contribution < 1.29 is 68.3 Å². The first-order valence-electron chi connectivity index (χ1n) is 24.7. The predicted octanol–water partition coefficient (Wildman–Crippen LogP) is -1.52. The summed E-state index contributed by atoms with van der Waals surface area (Å²) in [6, 6.07) is 10.8. The van der Waals surface area contributed by atoms with Crippen LogP contribution in [0.1, 0.15) is 54.0 Å². The molecule has 27 heteroatoms. The highest BCUT2D eigenvalue weighted by molar-refractivity contribution is 8.00. The summed E-state index contributed by atoms with van der Waals surface area (Å²) in [5, 5.41) is 67.0. The monoisotopic (exact) mass is 1070 g/mol. The number of nitrogens with two attached hydrogens (primary N) is 2. The molecule has 0 bridgehead atoms. The number of primary amides is 1. The zero-order valence-corrected chi connectivity index (χ0v) is 42.4. The summed E-state index contributed by atoms with van der Waals surface area (Å²) >= 11 is 1.03. The summed E-state index contributed by atoms with van der Waals surface area (Å²) in [6.45, 7) is 2.24. The number of fused-ring (bicyclic) bond motifs is 1. The molecule has 13 atom stereocenters. The molecule has 2 fully saturated rings. The number of aromatic nitrogens is 5.